The minimum absolute atomic E-state index is 0.674. The number of hydrogen-bond acceptors (Lipinski definition) is 1. The summed E-state index contributed by atoms with van der Waals surface area (Å²) in [6, 6.07) is 0. The molecule has 0 aliphatic rings. The van der Waals surface area contributed by atoms with Gasteiger partial charge in [-0.05, 0) is 13.3 Å². The van der Waals surface area contributed by atoms with E-state index in [2.05, 4.69) is 33.3 Å². The number of rotatable bonds is 1. The third-order valence-corrected chi connectivity index (χ3v) is 17.4. The summed E-state index contributed by atoms with van der Waals surface area (Å²) in [5.41, 5.74) is -0.905. The lowest BCUT2D eigenvalue weighted by molar-refractivity contribution is 2.06. The van der Waals surface area contributed by atoms with E-state index < -0.39 is 12.7 Å². The van der Waals surface area contributed by atoms with Crippen molar-refractivity contribution in [1.29, 1.82) is 0 Å². The van der Waals surface area contributed by atoms with Gasteiger partial charge in [-0.3, -0.25) is 0 Å². The summed E-state index contributed by atoms with van der Waals surface area (Å²) < 4.78 is 0. The van der Waals surface area contributed by atoms with E-state index in [9.17, 15) is 0 Å². The summed E-state index contributed by atoms with van der Waals surface area (Å²) in [7, 11) is 0. The van der Waals surface area contributed by atoms with Crippen molar-refractivity contribution in [1.82, 2.24) is 0 Å². The van der Waals surface area contributed by atoms with Gasteiger partial charge in [0.15, 0.2) is 0 Å². The molecule has 3 heteroatoms. The summed E-state index contributed by atoms with van der Waals surface area (Å²) in [4.78, 5) is 0. The van der Waals surface area contributed by atoms with Gasteiger partial charge in [0.2, 0.25) is 0 Å². The van der Waals surface area contributed by atoms with E-state index in [0.717, 1.165) is 0 Å². The van der Waals surface area contributed by atoms with Crippen molar-refractivity contribution in [2.75, 3.05) is 33.3 Å². The minimum Gasteiger partial charge on any atom is -0.0547 e. The Morgan fingerprint density at radius 3 is 1.25 bits per heavy atom. The Hall–Kier alpha value is 1.08. The van der Waals surface area contributed by atoms with E-state index in [1.54, 1.807) is 0 Å². The van der Waals surface area contributed by atoms with Crippen LogP contribution in [0.1, 0.15) is 0 Å². The Kier molecular flexibility index (Phi) is 2.69. The van der Waals surface area contributed by atoms with Crippen LogP contribution in [0.4, 0.5) is 0 Å². The maximum atomic E-state index is 5.38. The average molecular weight is 169 g/mol. The quantitative estimate of drug-likeness (QED) is 0.543. The predicted molar refractivity (Wildman–Crippen MR) is 50.8 cm³/mol. The summed E-state index contributed by atoms with van der Waals surface area (Å²) in [5, 5.41) is 0. The molecule has 0 saturated carbocycles. The second kappa shape index (κ2) is 2.37. The summed E-state index contributed by atoms with van der Waals surface area (Å²) in [6.07, 6.45) is 0. The van der Waals surface area contributed by atoms with Crippen LogP contribution in [0, 0.1) is 0 Å². The molecule has 50 valence electrons. The van der Waals surface area contributed by atoms with Crippen LogP contribution in [-0.4, -0.2) is 33.3 Å². The molecule has 0 N–H and O–H groups in total. The first-order valence-corrected chi connectivity index (χ1v) is 10.2. The van der Waals surface area contributed by atoms with Crippen LogP contribution < -0.4 is 0 Å². The van der Waals surface area contributed by atoms with Crippen LogP contribution in [-0.2, 0) is 11.8 Å². The lowest BCUT2D eigenvalue weighted by Gasteiger charge is -2.19. The molecule has 0 aromatic heterocycles. The molecule has 0 aromatic carbocycles. The molecule has 0 spiro atoms. The van der Waals surface area contributed by atoms with Crippen LogP contribution in [0.25, 0.3) is 0 Å². The first-order valence-electron chi connectivity index (χ1n) is 2.62. The van der Waals surface area contributed by atoms with Crippen molar-refractivity contribution in [3.63, 3.8) is 0 Å². The third-order valence-electron chi connectivity index (χ3n) is 1.44. The Bertz CT molecular complexity index is 117. The van der Waals surface area contributed by atoms with Crippen molar-refractivity contribution >= 4 is 24.5 Å². The Morgan fingerprint density at radius 1 is 1.12 bits per heavy atom. The molecule has 0 aliphatic carbocycles. The van der Waals surface area contributed by atoms with Gasteiger partial charge in [-0.2, -0.15) is 0 Å². The molecule has 8 heavy (non-hydrogen) atoms. The van der Waals surface area contributed by atoms with Crippen LogP contribution in [0.15, 0.2) is 0 Å². The van der Waals surface area contributed by atoms with Gasteiger partial charge in [-0.25, -0.2) is 0 Å². The highest BCUT2D eigenvalue weighted by Crippen LogP contribution is 2.79. The van der Waals surface area contributed by atoms with Crippen LogP contribution in [0.5, 0.6) is 0 Å². The topological polar surface area (TPSA) is 0 Å². The van der Waals surface area contributed by atoms with Crippen molar-refractivity contribution in [2.24, 2.45) is 0 Å². The van der Waals surface area contributed by atoms with Gasteiger partial charge in [0.25, 0.3) is 0 Å². The number of hydrogen-bond donors (Lipinski definition) is 0. The van der Waals surface area contributed by atoms with Gasteiger partial charge < -0.3 is 0 Å². The molecule has 0 fully saturated rings. The zero-order valence-corrected chi connectivity index (χ0v) is 8.91. The maximum Gasteiger partial charge on any atom is 0.0771 e. The molecule has 0 aromatic rings. The molecule has 0 heterocycles. The monoisotopic (exact) mass is 169 g/mol. The molecule has 0 amide bonds. The Morgan fingerprint density at radius 2 is 1.25 bits per heavy atom. The predicted octanol–water partition coefficient (Wildman–Crippen LogP) is 2.55. The summed E-state index contributed by atoms with van der Waals surface area (Å²) >= 11 is 5.38. The SMILES string of the molecule is CP(C)(=S)[P+](C)(C)C. The van der Waals surface area contributed by atoms with Crippen LogP contribution in [0.3, 0.4) is 0 Å². The lowest BCUT2D eigenvalue weighted by Crippen LogP contribution is -1.83. The first kappa shape index (κ1) is 9.08. The molecule has 0 atom stereocenters. The molecule has 0 radical (unpaired) electrons. The van der Waals surface area contributed by atoms with Gasteiger partial charge in [0.05, 0.1) is 25.7 Å². The van der Waals surface area contributed by atoms with E-state index in [0.29, 0.717) is 0 Å². The Labute approximate surface area is 58.3 Å². The van der Waals surface area contributed by atoms with Gasteiger partial charge in [-0.15, -0.1) is 0 Å². The highest BCUT2D eigenvalue weighted by Gasteiger charge is 2.28. The first-order chi connectivity index (χ1) is 3.25. The fraction of sp³-hybridized carbons (Fsp3) is 1.00. The third kappa shape index (κ3) is 2.58. The Balaban J connectivity index is 4.26. The smallest absolute Gasteiger partial charge is 0.0547 e. The van der Waals surface area contributed by atoms with Crippen LogP contribution >= 0.6 is 12.7 Å². The van der Waals surface area contributed by atoms with Gasteiger partial charge in [0.1, 0.15) is 0 Å². The highest BCUT2D eigenvalue weighted by atomic mass is 32.6. The van der Waals surface area contributed by atoms with Crippen molar-refractivity contribution in [2.45, 2.75) is 0 Å². The van der Waals surface area contributed by atoms with E-state index in [-0.39, 0.29) is 0 Å². The van der Waals surface area contributed by atoms with Gasteiger partial charge in [-0.1, -0.05) is 11.8 Å². The molecule has 0 saturated heterocycles. The highest BCUT2D eigenvalue weighted by molar-refractivity contribution is 8.57. The standard InChI is InChI=1S/C5H15P2S/c1-6(2,3)7(4,5)8/h1-5H3/q+1. The minimum atomic E-state index is -0.905. The zero-order chi connectivity index (χ0) is 7.00. The van der Waals surface area contributed by atoms with E-state index >= 15 is 0 Å². The van der Waals surface area contributed by atoms with E-state index in [1.165, 1.54) is 0 Å². The van der Waals surface area contributed by atoms with Gasteiger partial charge >= 0.3 is 0 Å². The molecular weight excluding hydrogens is 154 g/mol. The summed E-state index contributed by atoms with van der Waals surface area (Å²) in [6.45, 7) is 10.8. The van der Waals surface area contributed by atoms with E-state index in [4.69, 9.17) is 11.8 Å². The molecular formula is C5H15P2S+. The normalized spacial score (nSPS) is 14.1. The molecule has 0 rings (SSSR count). The maximum absolute atomic E-state index is 5.38. The largest absolute Gasteiger partial charge is 0.0771 e. The van der Waals surface area contributed by atoms with E-state index in [1.807, 2.05) is 0 Å². The van der Waals surface area contributed by atoms with Gasteiger partial charge in [0, 0.05) is 6.95 Å². The second-order valence-electron chi connectivity index (χ2n) is 3.24. The summed E-state index contributed by atoms with van der Waals surface area (Å²) in [5.74, 6) is 0. The molecule has 0 aliphatic heterocycles. The van der Waals surface area contributed by atoms with Crippen molar-refractivity contribution < 1.29 is 0 Å². The fourth-order valence-electron chi connectivity index (χ4n) is 0. The second-order valence-corrected chi connectivity index (χ2v) is 19.9. The lowest BCUT2D eigenvalue weighted by atomic mass is 11.9. The average Bonchev–Trinajstić information content (AvgIpc) is 1.25. The van der Waals surface area contributed by atoms with Crippen molar-refractivity contribution in [3.05, 3.63) is 0 Å². The van der Waals surface area contributed by atoms with Crippen molar-refractivity contribution in [3.8, 4) is 0 Å². The fourth-order valence-corrected chi connectivity index (χ4v) is 0. The zero-order valence-electron chi connectivity index (χ0n) is 6.30. The van der Waals surface area contributed by atoms with Crippen LogP contribution in [0.2, 0.25) is 0 Å². The molecule has 0 unspecified atom stereocenters. The molecule has 0 nitrogen and oxygen atoms in total. The molecule has 0 bridgehead atoms.